The number of rotatable bonds is 1. The Balaban J connectivity index is 3.17. The highest BCUT2D eigenvalue weighted by Crippen LogP contribution is 2.27. The number of para-hydroxylation sites is 1. The van der Waals surface area contributed by atoms with Gasteiger partial charge in [0.05, 0.1) is 11.4 Å². The number of hydrogen-bond donors (Lipinski definition) is 2. The molecule has 0 aliphatic carbocycles. The zero-order valence-corrected chi connectivity index (χ0v) is 7.80. The van der Waals surface area contributed by atoms with E-state index in [-0.39, 0.29) is 0 Å². The van der Waals surface area contributed by atoms with Crippen LogP contribution in [0, 0.1) is 0 Å². The third-order valence-electron chi connectivity index (χ3n) is 1.41. The molecule has 0 saturated carbocycles. The van der Waals surface area contributed by atoms with Crippen LogP contribution in [0.3, 0.4) is 0 Å². The summed E-state index contributed by atoms with van der Waals surface area (Å²) in [5, 5.41) is 1.49. The summed E-state index contributed by atoms with van der Waals surface area (Å²) < 4.78 is 0.868. The maximum absolute atomic E-state index is 5.71. The highest BCUT2D eigenvalue weighted by atomic mass is 79.9. The average molecular weight is 216 g/mol. The van der Waals surface area contributed by atoms with Gasteiger partial charge in [-0.05, 0) is 28.1 Å². The summed E-state index contributed by atoms with van der Waals surface area (Å²) in [5.41, 5.74) is 7.20. The zero-order valence-electron chi connectivity index (χ0n) is 6.21. The van der Waals surface area contributed by atoms with Crippen LogP contribution >= 0.6 is 15.9 Å². The third kappa shape index (κ3) is 1.64. The number of nitrogens with two attached hydrogens (primary N) is 2. The first kappa shape index (κ1) is 8.36. The molecule has 0 atom stereocenters. The summed E-state index contributed by atoms with van der Waals surface area (Å²) in [6, 6.07) is 5.63. The van der Waals surface area contributed by atoms with Crippen LogP contribution in [0.1, 0.15) is 0 Å². The first-order chi connectivity index (χ1) is 5.13. The number of benzene rings is 1. The van der Waals surface area contributed by atoms with Gasteiger partial charge in [-0.2, -0.15) is 0 Å². The van der Waals surface area contributed by atoms with E-state index in [9.17, 15) is 0 Å². The van der Waals surface area contributed by atoms with Gasteiger partial charge in [0.25, 0.3) is 0 Å². The zero-order chi connectivity index (χ0) is 8.43. The minimum Gasteiger partial charge on any atom is -0.396 e. The summed E-state index contributed by atoms with van der Waals surface area (Å²) in [5.74, 6) is 5.52. The molecule has 1 rings (SSSR count). The predicted octanol–water partition coefficient (Wildman–Crippen LogP) is 1.34. The van der Waals surface area contributed by atoms with Crippen molar-refractivity contribution >= 4 is 27.3 Å². The van der Waals surface area contributed by atoms with Gasteiger partial charge in [0, 0.05) is 11.5 Å². The largest absolute Gasteiger partial charge is 0.396 e. The molecule has 60 valence electrons. The maximum Gasteiger partial charge on any atom is 0.0754 e. The fourth-order valence-corrected chi connectivity index (χ4v) is 1.19. The molecular weight excluding hydrogens is 206 g/mol. The van der Waals surface area contributed by atoms with Crippen LogP contribution in [0.5, 0.6) is 0 Å². The van der Waals surface area contributed by atoms with Crippen molar-refractivity contribution in [2.45, 2.75) is 0 Å². The lowest BCUT2D eigenvalue weighted by molar-refractivity contribution is 1.02. The Morgan fingerprint density at radius 1 is 1.45 bits per heavy atom. The average Bonchev–Trinajstić information content (AvgIpc) is 1.94. The molecule has 0 spiro atoms. The van der Waals surface area contributed by atoms with Crippen molar-refractivity contribution in [1.29, 1.82) is 0 Å². The van der Waals surface area contributed by atoms with Gasteiger partial charge >= 0.3 is 0 Å². The highest BCUT2D eigenvalue weighted by Gasteiger charge is 2.02. The second kappa shape index (κ2) is 3.11. The van der Waals surface area contributed by atoms with Crippen LogP contribution < -0.4 is 16.6 Å². The van der Waals surface area contributed by atoms with E-state index >= 15 is 0 Å². The van der Waals surface area contributed by atoms with Crippen molar-refractivity contribution in [2.75, 3.05) is 17.8 Å². The predicted molar refractivity (Wildman–Crippen MR) is 51.1 cm³/mol. The quantitative estimate of drug-likeness (QED) is 0.423. The van der Waals surface area contributed by atoms with E-state index in [1.54, 1.807) is 7.05 Å². The summed E-state index contributed by atoms with van der Waals surface area (Å²) in [6.45, 7) is 0. The Morgan fingerprint density at radius 3 is 2.55 bits per heavy atom. The Hall–Kier alpha value is -0.740. The van der Waals surface area contributed by atoms with E-state index in [4.69, 9.17) is 11.6 Å². The molecule has 4 heteroatoms. The Labute approximate surface area is 74.1 Å². The maximum atomic E-state index is 5.71. The molecule has 0 unspecified atom stereocenters. The molecule has 0 heterocycles. The molecular formula is C7H10BrN3. The SMILES string of the molecule is CN(N)c1cccc(Br)c1N. The molecule has 0 bridgehead atoms. The second-order valence-electron chi connectivity index (χ2n) is 2.28. The van der Waals surface area contributed by atoms with Crippen LogP contribution in [-0.4, -0.2) is 7.05 Å². The molecule has 0 fully saturated rings. The minimum atomic E-state index is 0.664. The molecule has 11 heavy (non-hydrogen) atoms. The van der Waals surface area contributed by atoms with E-state index < -0.39 is 0 Å². The summed E-state index contributed by atoms with van der Waals surface area (Å²) in [4.78, 5) is 0. The molecule has 4 N–H and O–H groups in total. The summed E-state index contributed by atoms with van der Waals surface area (Å²) >= 11 is 3.31. The van der Waals surface area contributed by atoms with Crippen molar-refractivity contribution < 1.29 is 0 Å². The second-order valence-corrected chi connectivity index (χ2v) is 3.14. The van der Waals surface area contributed by atoms with Crippen LogP contribution in [0.25, 0.3) is 0 Å². The summed E-state index contributed by atoms with van der Waals surface area (Å²) in [6.07, 6.45) is 0. The number of hydrazine groups is 1. The van der Waals surface area contributed by atoms with E-state index in [1.807, 2.05) is 18.2 Å². The lowest BCUT2D eigenvalue weighted by atomic mass is 10.3. The Kier molecular flexibility index (Phi) is 2.36. The molecule has 0 radical (unpaired) electrons. The first-order valence-corrected chi connectivity index (χ1v) is 3.94. The Morgan fingerprint density at radius 2 is 2.09 bits per heavy atom. The number of nitrogens with zero attached hydrogens (tertiary/aromatic N) is 1. The van der Waals surface area contributed by atoms with Crippen molar-refractivity contribution in [3.63, 3.8) is 0 Å². The van der Waals surface area contributed by atoms with E-state index in [0.717, 1.165) is 10.2 Å². The minimum absolute atomic E-state index is 0.664. The topological polar surface area (TPSA) is 55.3 Å². The van der Waals surface area contributed by atoms with Gasteiger partial charge in [-0.15, -0.1) is 0 Å². The monoisotopic (exact) mass is 215 g/mol. The molecule has 0 saturated heterocycles. The van der Waals surface area contributed by atoms with Crippen molar-refractivity contribution in [3.8, 4) is 0 Å². The van der Waals surface area contributed by atoms with Gasteiger partial charge in [-0.3, -0.25) is 0 Å². The number of anilines is 2. The summed E-state index contributed by atoms with van der Waals surface area (Å²) in [7, 11) is 1.75. The molecule has 0 aliphatic rings. The number of hydrogen-bond acceptors (Lipinski definition) is 3. The molecule has 0 aromatic heterocycles. The van der Waals surface area contributed by atoms with Gasteiger partial charge in [0.15, 0.2) is 0 Å². The van der Waals surface area contributed by atoms with Crippen molar-refractivity contribution in [2.24, 2.45) is 5.84 Å². The van der Waals surface area contributed by atoms with Gasteiger partial charge in [-0.25, -0.2) is 5.84 Å². The van der Waals surface area contributed by atoms with Crippen molar-refractivity contribution in [1.82, 2.24) is 0 Å². The first-order valence-electron chi connectivity index (χ1n) is 3.15. The van der Waals surface area contributed by atoms with Crippen LogP contribution in [0.15, 0.2) is 22.7 Å². The molecule has 1 aromatic carbocycles. The lowest BCUT2D eigenvalue weighted by Gasteiger charge is -2.14. The normalized spacial score (nSPS) is 9.73. The molecule has 3 nitrogen and oxygen atoms in total. The Bertz CT molecular complexity index is 260. The van der Waals surface area contributed by atoms with Crippen LogP contribution in [-0.2, 0) is 0 Å². The fraction of sp³-hybridized carbons (Fsp3) is 0.143. The van der Waals surface area contributed by atoms with Gasteiger partial charge in [-0.1, -0.05) is 6.07 Å². The fourth-order valence-electron chi connectivity index (χ4n) is 0.833. The molecule has 0 amide bonds. The van der Waals surface area contributed by atoms with Crippen LogP contribution in [0.4, 0.5) is 11.4 Å². The smallest absolute Gasteiger partial charge is 0.0754 e. The number of nitrogen functional groups attached to an aromatic ring is 1. The van der Waals surface area contributed by atoms with E-state index in [0.29, 0.717) is 5.69 Å². The third-order valence-corrected chi connectivity index (χ3v) is 2.10. The van der Waals surface area contributed by atoms with Gasteiger partial charge in [0.1, 0.15) is 0 Å². The van der Waals surface area contributed by atoms with Crippen molar-refractivity contribution in [3.05, 3.63) is 22.7 Å². The standard InChI is InChI=1S/C7H10BrN3/c1-11(10)6-4-2-3-5(8)7(6)9/h2-4H,9-10H2,1H3. The number of halogens is 1. The van der Waals surface area contributed by atoms with Crippen LogP contribution in [0.2, 0.25) is 0 Å². The van der Waals surface area contributed by atoms with Gasteiger partial charge < -0.3 is 10.7 Å². The lowest BCUT2D eigenvalue weighted by Crippen LogP contribution is -2.25. The van der Waals surface area contributed by atoms with E-state index in [2.05, 4.69) is 15.9 Å². The molecule has 1 aromatic rings. The molecule has 0 aliphatic heterocycles. The van der Waals surface area contributed by atoms with Gasteiger partial charge in [0.2, 0.25) is 0 Å². The highest BCUT2D eigenvalue weighted by molar-refractivity contribution is 9.10. The van der Waals surface area contributed by atoms with E-state index in [1.165, 1.54) is 5.01 Å².